The first kappa shape index (κ1) is 19.2. The first-order valence-electron chi connectivity index (χ1n) is 8.14. The molecule has 0 atom stereocenters. The SMILES string of the molecule is CC(=O)N1CCN(C(=O)c2cnn(-c3cccc(Cl)c3)c2C(F)(F)F)CC1. The van der Waals surface area contributed by atoms with Crippen molar-refractivity contribution in [2.24, 2.45) is 0 Å². The number of carbonyl (C=O) groups is 2. The lowest BCUT2D eigenvalue weighted by atomic mass is 10.2. The quantitative estimate of drug-likeness (QED) is 0.779. The first-order valence-corrected chi connectivity index (χ1v) is 8.52. The number of aromatic nitrogens is 2. The molecule has 0 aliphatic carbocycles. The molecule has 1 aliphatic rings. The minimum atomic E-state index is -4.79. The van der Waals surface area contributed by atoms with E-state index in [4.69, 9.17) is 11.6 Å². The minimum Gasteiger partial charge on any atom is -0.339 e. The normalized spacial score (nSPS) is 15.1. The molecule has 2 amide bonds. The first-order chi connectivity index (χ1) is 12.7. The summed E-state index contributed by atoms with van der Waals surface area (Å²) in [5.41, 5.74) is -1.57. The number of halogens is 4. The second-order valence-electron chi connectivity index (χ2n) is 6.09. The van der Waals surface area contributed by atoms with Gasteiger partial charge in [-0.1, -0.05) is 17.7 Å². The van der Waals surface area contributed by atoms with Crippen molar-refractivity contribution in [2.45, 2.75) is 13.1 Å². The van der Waals surface area contributed by atoms with Crippen LogP contribution in [-0.4, -0.2) is 57.6 Å². The largest absolute Gasteiger partial charge is 0.434 e. The number of benzene rings is 1. The molecule has 1 aliphatic heterocycles. The number of carbonyl (C=O) groups excluding carboxylic acids is 2. The molecule has 2 heterocycles. The highest BCUT2D eigenvalue weighted by atomic mass is 35.5. The van der Waals surface area contributed by atoms with Crippen molar-refractivity contribution in [2.75, 3.05) is 26.2 Å². The van der Waals surface area contributed by atoms with Crippen molar-refractivity contribution in [1.82, 2.24) is 19.6 Å². The average molecular weight is 401 g/mol. The van der Waals surface area contributed by atoms with Crippen molar-refractivity contribution in [3.8, 4) is 5.69 Å². The van der Waals surface area contributed by atoms with Crippen LogP contribution in [0.1, 0.15) is 23.0 Å². The molecular weight excluding hydrogens is 385 g/mol. The van der Waals surface area contributed by atoms with Crippen LogP contribution < -0.4 is 0 Å². The molecule has 3 rings (SSSR count). The third kappa shape index (κ3) is 3.92. The summed E-state index contributed by atoms with van der Waals surface area (Å²) >= 11 is 5.86. The Labute approximate surface area is 158 Å². The highest BCUT2D eigenvalue weighted by Crippen LogP contribution is 2.34. The molecule has 0 radical (unpaired) electrons. The van der Waals surface area contributed by atoms with Crippen molar-refractivity contribution in [3.05, 3.63) is 46.7 Å². The van der Waals surface area contributed by atoms with Gasteiger partial charge in [-0.3, -0.25) is 9.59 Å². The Bertz CT molecular complexity index is 873. The fraction of sp³-hybridized carbons (Fsp3) is 0.353. The molecule has 0 bridgehead atoms. The van der Waals surface area contributed by atoms with Crippen molar-refractivity contribution >= 4 is 23.4 Å². The van der Waals surface area contributed by atoms with E-state index in [0.29, 0.717) is 4.68 Å². The summed E-state index contributed by atoms with van der Waals surface area (Å²) in [6.45, 7) is 2.31. The Morgan fingerprint density at radius 2 is 1.74 bits per heavy atom. The van der Waals surface area contributed by atoms with Gasteiger partial charge in [0.15, 0.2) is 5.69 Å². The van der Waals surface area contributed by atoms with Gasteiger partial charge in [0, 0.05) is 38.1 Å². The summed E-state index contributed by atoms with van der Waals surface area (Å²) < 4.78 is 41.8. The van der Waals surface area contributed by atoms with E-state index in [1.165, 1.54) is 36.1 Å². The van der Waals surface area contributed by atoms with Gasteiger partial charge in [0.1, 0.15) is 0 Å². The molecule has 10 heteroatoms. The van der Waals surface area contributed by atoms with Crippen LogP contribution in [0.4, 0.5) is 13.2 Å². The Kier molecular flexibility index (Phi) is 5.14. The number of rotatable bonds is 2. The van der Waals surface area contributed by atoms with Gasteiger partial charge in [-0.25, -0.2) is 4.68 Å². The second kappa shape index (κ2) is 7.22. The summed E-state index contributed by atoms with van der Waals surface area (Å²) in [7, 11) is 0. The van der Waals surface area contributed by atoms with Crippen LogP contribution in [0.5, 0.6) is 0 Å². The number of amides is 2. The molecular formula is C17H16ClF3N4O2. The van der Waals surface area contributed by atoms with Gasteiger partial charge in [-0.15, -0.1) is 0 Å². The van der Waals surface area contributed by atoms with Crippen LogP contribution >= 0.6 is 11.6 Å². The molecule has 27 heavy (non-hydrogen) atoms. The summed E-state index contributed by atoms with van der Waals surface area (Å²) in [4.78, 5) is 26.9. The third-order valence-corrected chi connectivity index (χ3v) is 4.57. The smallest absolute Gasteiger partial charge is 0.339 e. The molecule has 144 valence electrons. The van der Waals surface area contributed by atoms with Crippen LogP contribution in [0.3, 0.4) is 0 Å². The summed E-state index contributed by atoms with van der Waals surface area (Å²) in [5.74, 6) is -0.898. The molecule has 0 spiro atoms. The Morgan fingerprint density at radius 3 is 2.30 bits per heavy atom. The molecule has 0 saturated carbocycles. The van der Waals surface area contributed by atoms with E-state index in [1.54, 1.807) is 4.90 Å². The predicted octanol–water partition coefficient (Wildman–Crippen LogP) is 2.85. The monoisotopic (exact) mass is 400 g/mol. The lowest BCUT2D eigenvalue weighted by Gasteiger charge is -2.34. The Morgan fingerprint density at radius 1 is 1.11 bits per heavy atom. The molecule has 6 nitrogen and oxygen atoms in total. The number of hydrogen-bond donors (Lipinski definition) is 0. The molecule has 1 fully saturated rings. The van der Waals surface area contributed by atoms with Crippen LogP contribution in [-0.2, 0) is 11.0 Å². The van der Waals surface area contributed by atoms with E-state index in [1.807, 2.05) is 0 Å². The predicted molar refractivity (Wildman–Crippen MR) is 91.7 cm³/mol. The molecule has 1 saturated heterocycles. The summed E-state index contributed by atoms with van der Waals surface area (Å²) in [6.07, 6.45) is -3.87. The zero-order valence-corrected chi connectivity index (χ0v) is 15.1. The van der Waals surface area contributed by atoms with Gasteiger partial charge in [0.25, 0.3) is 5.91 Å². The van der Waals surface area contributed by atoms with Crippen LogP contribution in [0.25, 0.3) is 5.69 Å². The van der Waals surface area contributed by atoms with Gasteiger partial charge in [-0.05, 0) is 18.2 Å². The minimum absolute atomic E-state index is 0.107. The average Bonchev–Trinajstić information content (AvgIpc) is 3.06. The highest BCUT2D eigenvalue weighted by Gasteiger charge is 2.41. The number of hydrogen-bond acceptors (Lipinski definition) is 3. The zero-order chi connectivity index (χ0) is 19.8. The maximum absolute atomic E-state index is 13.7. The van der Waals surface area contributed by atoms with Crippen molar-refractivity contribution in [1.29, 1.82) is 0 Å². The Balaban J connectivity index is 1.94. The standard InChI is InChI=1S/C17H16ClF3N4O2/c1-11(26)23-5-7-24(8-6-23)16(27)14-10-22-25(15(14)17(19,20)21)13-4-2-3-12(18)9-13/h2-4,9-10H,5-8H2,1H3. The third-order valence-electron chi connectivity index (χ3n) is 4.33. The van der Waals surface area contributed by atoms with Gasteiger partial charge < -0.3 is 9.80 Å². The number of nitrogens with zero attached hydrogens (tertiary/aromatic N) is 4. The lowest BCUT2D eigenvalue weighted by molar-refractivity contribution is -0.143. The molecule has 1 aromatic heterocycles. The van der Waals surface area contributed by atoms with Crippen LogP contribution in [0, 0.1) is 0 Å². The van der Waals surface area contributed by atoms with E-state index < -0.39 is 23.3 Å². The van der Waals surface area contributed by atoms with Gasteiger partial charge in [0.05, 0.1) is 17.4 Å². The number of alkyl halides is 3. The molecule has 1 aromatic carbocycles. The second-order valence-corrected chi connectivity index (χ2v) is 6.53. The maximum atomic E-state index is 13.7. The van der Waals surface area contributed by atoms with Crippen molar-refractivity contribution in [3.63, 3.8) is 0 Å². The fourth-order valence-electron chi connectivity index (χ4n) is 2.98. The summed E-state index contributed by atoms with van der Waals surface area (Å²) in [6, 6.07) is 5.79. The highest BCUT2D eigenvalue weighted by molar-refractivity contribution is 6.30. The lowest BCUT2D eigenvalue weighted by Crippen LogP contribution is -2.50. The van der Waals surface area contributed by atoms with Crippen LogP contribution in [0.2, 0.25) is 5.02 Å². The zero-order valence-electron chi connectivity index (χ0n) is 14.3. The van der Waals surface area contributed by atoms with E-state index >= 15 is 0 Å². The molecule has 0 unspecified atom stereocenters. The number of piperazine rings is 1. The molecule has 0 N–H and O–H groups in total. The van der Waals surface area contributed by atoms with Gasteiger partial charge in [0.2, 0.25) is 5.91 Å². The van der Waals surface area contributed by atoms with Gasteiger partial charge >= 0.3 is 6.18 Å². The summed E-state index contributed by atoms with van der Waals surface area (Å²) in [5, 5.41) is 4.03. The maximum Gasteiger partial charge on any atom is 0.434 e. The molecule has 2 aromatic rings. The van der Waals surface area contributed by atoms with Crippen LogP contribution in [0.15, 0.2) is 30.5 Å². The Hall–Kier alpha value is -2.55. The van der Waals surface area contributed by atoms with E-state index in [-0.39, 0.29) is 42.8 Å². The van der Waals surface area contributed by atoms with E-state index in [0.717, 1.165) is 6.20 Å². The topological polar surface area (TPSA) is 58.4 Å². The van der Waals surface area contributed by atoms with E-state index in [2.05, 4.69) is 5.10 Å². The fourth-order valence-corrected chi connectivity index (χ4v) is 3.16. The van der Waals surface area contributed by atoms with E-state index in [9.17, 15) is 22.8 Å². The van der Waals surface area contributed by atoms with Crippen molar-refractivity contribution < 1.29 is 22.8 Å². The van der Waals surface area contributed by atoms with Gasteiger partial charge in [-0.2, -0.15) is 18.3 Å².